The van der Waals surface area contributed by atoms with Crippen LogP contribution in [0.1, 0.15) is 21.3 Å². The molecular weight excluding hydrogens is 386 g/mol. The number of para-hydroxylation sites is 2. The lowest BCUT2D eigenvalue weighted by Gasteiger charge is -2.27. The molecule has 1 atom stereocenters. The van der Waals surface area contributed by atoms with Crippen molar-refractivity contribution in [3.05, 3.63) is 59.7 Å². The van der Waals surface area contributed by atoms with Gasteiger partial charge in [0.25, 0.3) is 5.91 Å². The van der Waals surface area contributed by atoms with Crippen LogP contribution in [0.25, 0.3) is 0 Å². The Morgan fingerprint density at radius 2 is 1.96 bits per heavy atom. The zero-order chi connectivity index (χ0) is 19.4. The van der Waals surface area contributed by atoms with Gasteiger partial charge in [-0.2, -0.15) is 0 Å². The van der Waals surface area contributed by atoms with E-state index in [4.69, 9.17) is 17.0 Å². The molecule has 1 aliphatic heterocycles. The number of carboxylic acids is 1. The Morgan fingerprint density at radius 3 is 2.70 bits per heavy atom. The number of aromatic carboxylic acids is 1. The monoisotopic (exact) mass is 403 g/mol. The molecule has 0 aliphatic carbocycles. The van der Waals surface area contributed by atoms with Gasteiger partial charge in [-0.3, -0.25) is 10.2 Å². The number of carboxylic acid groups (broad SMARTS) is 1. The Hall–Kier alpha value is -2.78. The molecule has 27 heavy (non-hydrogen) atoms. The number of ether oxygens (including phenoxy) is 1. The number of methoxy groups -OCH3 is 1. The second-order valence-corrected chi connectivity index (χ2v) is 7.06. The van der Waals surface area contributed by atoms with E-state index in [1.807, 2.05) is 12.1 Å². The average Bonchev–Trinajstić information content (AvgIpc) is 3.02. The summed E-state index contributed by atoms with van der Waals surface area (Å²) in [6.07, 6.45) is 0. The Morgan fingerprint density at radius 1 is 1.26 bits per heavy atom. The molecule has 0 spiro atoms. The Bertz CT molecular complexity index is 890. The highest BCUT2D eigenvalue weighted by molar-refractivity contribution is 8.00. The smallest absolute Gasteiger partial charge is 0.336 e. The zero-order valence-corrected chi connectivity index (χ0v) is 16.0. The molecule has 140 valence electrons. The summed E-state index contributed by atoms with van der Waals surface area (Å²) in [4.78, 5) is 23.8. The van der Waals surface area contributed by atoms with Gasteiger partial charge in [0.2, 0.25) is 0 Å². The molecule has 0 radical (unpaired) electrons. The van der Waals surface area contributed by atoms with Crippen LogP contribution in [0.15, 0.2) is 48.5 Å². The van der Waals surface area contributed by atoms with Crippen molar-refractivity contribution in [1.82, 2.24) is 10.4 Å². The van der Waals surface area contributed by atoms with Crippen molar-refractivity contribution >= 4 is 46.7 Å². The Balaban J connectivity index is 1.79. The molecule has 0 saturated carbocycles. The Labute approximate surface area is 165 Å². The van der Waals surface area contributed by atoms with Gasteiger partial charge in [-0.15, -0.1) is 11.8 Å². The van der Waals surface area contributed by atoms with E-state index in [9.17, 15) is 14.7 Å². The van der Waals surface area contributed by atoms with Crippen molar-refractivity contribution in [2.75, 3.05) is 18.2 Å². The summed E-state index contributed by atoms with van der Waals surface area (Å²) in [5, 5.41) is 13.5. The normalized spacial score (nSPS) is 16.1. The van der Waals surface area contributed by atoms with Gasteiger partial charge < -0.3 is 15.2 Å². The van der Waals surface area contributed by atoms with E-state index in [1.165, 1.54) is 22.8 Å². The van der Waals surface area contributed by atoms with Crippen LogP contribution in [0.2, 0.25) is 0 Å². The number of hydrogen-bond acceptors (Lipinski definition) is 5. The van der Waals surface area contributed by atoms with Crippen LogP contribution in [-0.4, -0.2) is 40.0 Å². The summed E-state index contributed by atoms with van der Waals surface area (Å²) in [6, 6.07) is 13.9. The minimum absolute atomic E-state index is 0.153. The van der Waals surface area contributed by atoms with Crippen LogP contribution in [0.3, 0.4) is 0 Å². The van der Waals surface area contributed by atoms with E-state index in [2.05, 4.69) is 10.7 Å². The van der Waals surface area contributed by atoms with Gasteiger partial charge in [-0.1, -0.05) is 30.3 Å². The molecule has 3 N–H and O–H groups in total. The fourth-order valence-corrected chi connectivity index (χ4v) is 4.04. The van der Waals surface area contributed by atoms with Gasteiger partial charge in [0, 0.05) is 5.56 Å². The van der Waals surface area contributed by atoms with E-state index in [1.54, 1.807) is 37.4 Å². The first-order chi connectivity index (χ1) is 13.0. The molecule has 1 heterocycles. The second kappa shape index (κ2) is 8.28. The SMILES string of the molecule is COc1ccccc1NC(=S)NN1C(=O)CSC1c1ccccc1C(=O)O. The van der Waals surface area contributed by atoms with Crippen LogP contribution in [-0.2, 0) is 4.79 Å². The highest BCUT2D eigenvalue weighted by Crippen LogP contribution is 2.38. The van der Waals surface area contributed by atoms with Gasteiger partial charge in [-0.25, -0.2) is 9.80 Å². The fraction of sp³-hybridized carbons (Fsp3) is 0.167. The maximum Gasteiger partial charge on any atom is 0.336 e. The number of thioether (sulfide) groups is 1. The number of thiocarbonyl (C=S) groups is 1. The molecular formula is C18H17N3O4S2. The lowest BCUT2D eigenvalue weighted by Crippen LogP contribution is -2.46. The maximum absolute atomic E-state index is 12.3. The predicted molar refractivity (Wildman–Crippen MR) is 108 cm³/mol. The summed E-state index contributed by atoms with van der Waals surface area (Å²) in [7, 11) is 1.55. The van der Waals surface area contributed by atoms with E-state index < -0.39 is 11.3 Å². The summed E-state index contributed by atoms with van der Waals surface area (Å²) in [5.74, 6) is -0.394. The number of hydrogen-bond donors (Lipinski definition) is 3. The number of anilines is 1. The minimum atomic E-state index is -1.04. The summed E-state index contributed by atoms with van der Waals surface area (Å²) < 4.78 is 5.27. The van der Waals surface area contributed by atoms with Crippen LogP contribution in [0.4, 0.5) is 5.69 Å². The molecule has 1 fully saturated rings. The highest BCUT2D eigenvalue weighted by atomic mass is 32.2. The third-order valence-electron chi connectivity index (χ3n) is 3.90. The summed E-state index contributed by atoms with van der Waals surface area (Å²) >= 11 is 6.66. The number of carbonyl (C=O) groups is 2. The van der Waals surface area contributed by atoms with Gasteiger partial charge in [0.1, 0.15) is 11.1 Å². The average molecular weight is 403 g/mol. The van der Waals surface area contributed by atoms with Gasteiger partial charge in [-0.05, 0) is 30.4 Å². The third kappa shape index (κ3) is 4.15. The molecule has 1 aliphatic rings. The first-order valence-electron chi connectivity index (χ1n) is 7.98. The predicted octanol–water partition coefficient (Wildman–Crippen LogP) is 2.87. The second-order valence-electron chi connectivity index (χ2n) is 5.59. The standard InChI is InChI=1S/C18H17N3O4S2/c1-25-14-9-5-4-8-13(14)19-18(26)20-21-15(22)10-27-16(21)11-6-2-3-7-12(11)17(23)24/h2-9,16H,10H2,1H3,(H,23,24)(H2,19,20,26). The van der Waals surface area contributed by atoms with E-state index >= 15 is 0 Å². The first-order valence-corrected chi connectivity index (χ1v) is 9.43. The topological polar surface area (TPSA) is 90.9 Å². The zero-order valence-electron chi connectivity index (χ0n) is 14.3. The number of carbonyl (C=O) groups excluding carboxylic acids is 1. The van der Waals surface area contributed by atoms with Crippen molar-refractivity contribution in [3.8, 4) is 5.75 Å². The molecule has 1 saturated heterocycles. The van der Waals surface area contributed by atoms with E-state index in [0.29, 0.717) is 17.0 Å². The maximum atomic E-state index is 12.3. The molecule has 7 nitrogen and oxygen atoms in total. The number of nitrogens with zero attached hydrogens (tertiary/aromatic N) is 1. The lowest BCUT2D eigenvalue weighted by molar-refractivity contribution is -0.129. The van der Waals surface area contributed by atoms with Gasteiger partial charge >= 0.3 is 5.97 Å². The van der Waals surface area contributed by atoms with Gasteiger partial charge in [0.15, 0.2) is 5.11 Å². The molecule has 1 unspecified atom stereocenters. The van der Waals surface area contributed by atoms with Gasteiger partial charge in [0.05, 0.1) is 24.1 Å². The molecule has 3 rings (SSSR count). The summed E-state index contributed by atoms with van der Waals surface area (Å²) in [5.41, 5.74) is 4.22. The summed E-state index contributed by atoms with van der Waals surface area (Å²) in [6.45, 7) is 0. The van der Waals surface area contributed by atoms with Crippen LogP contribution < -0.4 is 15.5 Å². The molecule has 0 aromatic heterocycles. The van der Waals surface area contributed by atoms with E-state index in [0.717, 1.165) is 0 Å². The quantitative estimate of drug-likeness (QED) is 0.657. The van der Waals surface area contributed by atoms with Crippen molar-refractivity contribution in [2.45, 2.75) is 5.37 Å². The number of rotatable bonds is 5. The lowest BCUT2D eigenvalue weighted by atomic mass is 10.1. The molecule has 1 amide bonds. The molecule has 2 aromatic rings. The first kappa shape index (κ1) is 19.0. The van der Waals surface area contributed by atoms with Crippen molar-refractivity contribution in [3.63, 3.8) is 0 Å². The van der Waals surface area contributed by atoms with Crippen LogP contribution in [0, 0.1) is 0 Å². The molecule has 2 aromatic carbocycles. The Kier molecular flexibility index (Phi) is 5.82. The number of benzene rings is 2. The van der Waals surface area contributed by atoms with Crippen molar-refractivity contribution in [1.29, 1.82) is 0 Å². The molecule has 0 bridgehead atoms. The number of amides is 1. The number of nitrogens with one attached hydrogen (secondary N) is 2. The minimum Gasteiger partial charge on any atom is -0.495 e. The largest absolute Gasteiger partial charge is 0.495 e. The number of hydrazine groups is 1. The van der Waals surface area contributed by atoms with Crippen LogP contribution >= 0.6 is 24.0 Å². The molecule has 9 heteroatoms. The third-order valence-corrected chi connectivity index (χ3v) is 5.29. The van der Waals surface area contributed by atoms with Crippen molar-refractivity contribution < 1.29 is 19.4 Å². The fourth-order valence-electron chi connectivity index (χ4n) is 2.69. The van der Waals surface area contributed by atoms with Crippen LogP contribution in [0.5, 0.6) is 5.75 Å². The van der Waals surface area contributed by atoms with E-state index in [-0.39, 0.29) is 22.3 Å². The highest BCUT2D eigenvalue weighted by Gasteiger charge is 2.35. The van der Waals surface area contributed by atoms with Crippen molar-refractivity contribution in [2.24, 2.45) is 0 Å².